The number of nitrogens with zero attached hydrogens (tertiary/aromatic N) is 5. The van der Waals surface area contributed by atoms with E-state index >= 15 is 0 Å². The summed E-state index contributed by atoms with van der Waals surface area (Å²) in [7, 11) is 1.27. The summed E-state index contributed by atoms with van der Waals surface area (Å²) < 4.78 is 44.3. The Labute approximate surface area is 153 Å². The van der Waals surface area contributed by atoms with Gasteiger partial charge in [0, 0.05) is 26.2 Å². The first-order chi connectivity index (χ1) is 12.6. The monoisotopic (exact) mass is 386 g/mol. The van der Waals surface area contributed by atoms with Crippen LogP contribution in [0.5, 0.6) is 0 Å². The van der Waals surface area contributed by atoms with Gasteiger partial charge in [-0.2, -0.15) is 23.3 Å². The van der Waals surface area contributed by atoms with E-state index in [1.165, 1.54) is 7.05 Å². The van der Waals surface area contributed by atoms with Crippen molar-refractivity contribution in [2.75, 3.05) is 18.0 Å². The lowest BCUT2D eigenvalue weighted by molar-refractivity contribution is -0.141. The molecule has 1 N–H and O–H groups in total. The Bertz CT molecular complexity index is 815. The predicted octanol–water partition coefficient (Wildman–Crippen LogP) is 2.55. The molecule has 0 spiro atoms. The molecule has 2 aromatic heterocycles. The molecular weight excluding hydrogens is 365 g/mol. The molecule has 148 valence electrons. The minimum atomic E-state index is -4.62. The summed E-state index contributed by atoms with van der Waals surface area (Å²) in [5, 5.41) is 9.84. The van der Waals surface area contributed by atoms with Crippen molar-refractivity contribution in [1.82, 2.24) is 25.2 Å². The van der Waals surface area contributed by atoms with Crippen molar-refractivity contribution >= 4 is 11.9 Å². The van der Waals surface area contributed by atoms with E-state index in [2.05, 4.69) is 27.5 Å². The lowest BCUT2D eigenvalue weighted by Gasteiger charge is -2.29. The van der Waals surface area contributed by atoms with Crippen molar-refractivity contribution < 1.29 is 22.5 Å². The van der Waals surface area contributed by atoms with Gasteiger partial charge in [0.25, 0.3) is 17.7 Å². The molecule has 0 bridgehead atoms. The molecule has 3 heterocycles. The average Bonchev–Trinajstić information content (AvgIpc) is 3.21. The van der Waals surface area contributed by atoms with Crippen LogP contribution < -0.4 is 10.2 Å². The van der Waals surface area contributed by atoms with Crippen molar-refractivity contribution in [3.05, 3.63) is 23.3 Å². The van der Waals surface area contributed by atoms with Crippen molar-refractivity contribution in [3.8, 4) is 0 Å². The fraction of sp³-hybridized carbons (Fsp3) is 0.625. The summed E-state index contributed by atoms with van der Waals surface area (Å²) in [4.78, 5) is 18.6. The van der Waals surface area contributed by atoms with Gasteiger partial charge in [-0.1, -0.05) is 6.92 Å². The maximum absolute atomic E-state index is 12.7. The zero-order valence-electron chi connectivity index (χ0n) is 15.2. The number of piperidine rings is 1. The zero-order chi connectivity index (χ0) is 19.8. The summed E-state index contributed by atoms with van der Waals surface area (Å²) in [5.74, 6) is 0.470. The molecular formula is C16H21F3N6O2. The number of hydrogen-bond acceptors (Lipinski definition) is 6. The predicted molar refractivity (Wildman–Crippen MR) is 89.0 cm³/mol. The molecule has 0 radical (unpaired) electrons. The molecule has 1 amide bonds. The quantitative estimate of drug-likeness (QED) is 0.869. The fourth-order valence-corrected chi connectivity index (χ4v) is 3.05. The van der Waals surface area contributed by atoms with E-state index in [9.17, 15) is 18.0 Å². The van der Waals surface area contributed by atoms with E-state index in [4.69, 9.17) is 4.52 Å². The van der Waals surface area contributed by atoms with Gasteiger partial charge in [0.05, 0.1) is 0 Å². The van der Waals surface area contributed by atoms with Gasteiger partial charge in [0.15, 0.2) is 5.69 Å². The molecule has 0 aromatic carbocycles. The zero-order valence-corrected chi connectivity index (χ0v) is 15.2. The van der Waals surface area contributed by atoms with Crippen molar-refractivity contribution in [2.24, 2.45) is 13.0 Å². The average molecular weight is 386 g/mol. The van der Waals surface area contributed by atoms with Gasteiger partial charge in [0.1, 0.15) is 11.7 Å². The molecule has 0 unspecified atom stereocenters. The Morgan fingerprint density at radius 3 is 2.81 bits per heavy atom. The van der Waals surface area contributed by atoms with Gasteiger partial charge < -0.3 is 14.7 Å². The number of carbonyl (C=O) groups excluding carboxylic acids is 1. The number of halogens is 3. The summed E-state index contributed by atoms with van der Waals surface area (Å²) >= 11 is 0. The molecule has 1 aliphatic heterocycles. The molecule has 3 rings (SSSR count). The molecule has 1 fully saturated rings. The lowest BCUT2D eigenvalue weighted by Crippen LogP contribution is -2.35. The van der Waals surface area contributed by atoms with Crippen LogP contribution in [0.15, 0.2) is 10.6 Å². The number of hydrogen-bond donors (Lipinski definition) is 1. The van der Waals surface area contributed by atoms with E-state index in [0.29, 0.717) is 17.9 Å². The van der Waals surface area contributed by atoms with E-state index in [1.807, 2.05) is 4.90 Å². The Morgan fingerprint density at radius 1 is 1.44 bits per heavy atom. The summed E-state index contributed by atoms with van der Waals surface area (Å²) in [6.07, 6.45) is -2.42. The number of aryl methyl sites for hydroxylation is 1. The summed E-state index contributed by atoms with van der Waals surface area (Å²) in [6.45, 7) is 5.43. The highest BCUT2D eigenvalue weighted by Crippen LogP contribution is 2.28. The number of rotatable bonds is 4. The highest BCUT2D eigenvalue weighted by molar-refractivity contribution is 5.92. The number of nitrogens with one attached hydrogen (secondary N) is 1. The molecule has 0 saturated carbocycles. The van der Waals surface area contributed by atoms with Crippen LogP contribution in [0.3, 0.4) is 0 Å². The SMILES string of the molecule is C[C@H]1CCCN(c2noc([C@H](C)NC(=O)c3cc(C(F)(F)F)nn3C)n2)C1. The molecule has 0 aliphatic carbocycles. The van der Waals surface area contributed by atoms with Crippen molar-refractivity contribution in [2.45, 2.75) is 38.9 Å². The third kappa shape index (κ3) is 4.22. The first kappa shape index (κ1) is 19.2. The number of alkyl halides is 3. The van der Waals surface area contributed by atoms with Gasteiger partial charge in [-0.05, 0) is 30.8 Å². The largest absolute Gasteiger partial charge is 0.435 e. The third-order valence-electron chi connectivity index (χ3n) is 4.49. The second kappa shape index (κ2) is 7.20. The van der Waals surface area contributed by atoms with E-state index in [1.54, 1.807) is 6.92 Å². The van der Waals surface area contributed by atoms with Gasteiger partial charge in [-0.25, -0.2) is 0 Å². The van der Waals surface area contributed by atoms with Crippen LogP contribution >= 0.6 is 0 Å². The van der Waals surface area contributed by atoms with Crippen LogP contribution in [0.1, 0.15) is 54.8 Å². The maximum Gasteiger partial charge on any atom is 0.435 e. The molecule has 8 nitrogen and oxygen atoms in total. The van der Waals surface area contributed by atoms with E-state index < -0.39 is 23.8 Å². The second-order valence-electron chi connectivity index (χ2n) is 6.86. The molecule has 11 heteroatoms. The van der Waals surface area contributed by atoms with E-state index in [-0.39, 0.29) is 11.6 Å². The van der Waals surface area contributed by atoms with Gasteiger partial charge >= 0.3 is 6.18 Å². The normalized spacial score (nSPS) is 19.2. The Morgan fingerprint density at radius 2 is 2.19 bits per heavy atom. The van der Waals surface area contributed by atoms with Gasteiger partial charge in [-0.3, -0.25) is 9.48 Å². The van der Waals surface area contributed by atoms with Crippen LogP contribution in [0.2, 0.25) is 0 Å². The first-order valence-corrected chi connectivity index (χ1v) is 8.65. The summed E-state index contributed by atoms with van der Waals surface area (Å²) in [6, 6.07) is 0.0429. The maximum atomic E-state index is 12.7. The molecule has 1 aliphatic rings. The topological polar surface area (TPSA) is 89.1 Å². The molecule has 27 heavy (non-hydrogen) atoms. The standard InChI is InChI=1S/C16H21F3N6O2/c1-9-5-4-6-25(8-9)15-21-14(27-23-15)10(2)20-13(26)11-7-12(16(17,18)19)22-24(11)3/h7,9-10H,4-6,8H2,1-3H3,(H,20,26)/t9-,10-/m0/s1. The number of aromatic nitrogens is 4. The second-order valence-corrected chi connectivity index (χ2v) is 6.86. The lowest BCUT2D eigenvalue weighted by atomic mass is 10.0. The minimum Gasteiger partial charge on any atom is -0.339 e. The fourth-order valence-electron chi connectivity index (χ4n) is 3.05. The number of amides is 1. The Kier molecular flexibility index (Phi) is 5.11. The van der Waals surface area contributed by atoms with Crippen LogP contribution in [-0.2, 0) is 13.2 Å². The molecule has 2 atom stereocenters. The molecule has 2 aromatic rings. The highest BCUT2D eigenvalue weighted by atomic mass is 19.4. The van der Waals surface area contributed by atoms with Crippen molar-refractivity contribution in [3.63, 3.8) is 0 Å². The van der Waals surface area contributed by atoms with Gasteiger partial charge in [-0.15, -0.1) is 0 Å². The van der Waals surface area contributed by atoms with Crippen LogP contribution in [0, 0.1) is 5.92 Å². The van der Waals surface area contributed by atoms with Gasteiger partial charge in [0.2, 0.25) is 0 Å². The third-order valence-corrected chi connectivity index (χ3v) is 4.49. The Hall–Kier alpha value is -2.59. The van der Waals surface area contributed by atoms with Crippen LogP contribution in [-0.4, -0.2) is 38.9 Å². The van der Waals surface area contributed by atoms with Crippen LogP contribution in [0.4, 0.5) is 19.1 Å². The van der Waals surface area contributed by atoms with Crippen molar-refractivity contribution in [1.29, 1.82) is 0 Å². The minimum absolute atomic E-state index is 0.190. The number of carbonyl (C=O) groups is 1. The highest BCUT2D eigenvalue weighted by Gasteiger charge is 2.35. The van der Waals surface area contributed by atoms with Crippen LogP contribution in [0.25, 0.3) is 0 Å². The number of anilines is 1. The van der Waals surface area contributed by atoms with E-state index in [0.717, 1.165) is 30.6 Å². The molecule has 1 saturated heterocycles. The smallest absolute Gasteiger partial charge is 0.339 e. The Balaban J connectivity index is 1.68. The summed E-state index contributed by atoms with van der Waals surface area (Å²) in [5.41, 5.74) is -1.33. The first-order valence-electron chi connectivity index (χ1n) is 8.65.